The van der Waals surface area contributed by atoms with Crippen molar-refractivity contribution in [1.29, 1.82) is 0 Å². The summed E-state index contributed by atoms with van der Waals surface area (Å²) in [6, 6.07) is 2.92. The number of nitrogens with one attached hydrogen (secondary N) is 1. The largest absolute Gasteiger partial charge is 0.378 e. The summed E-state index contributed by atoms with van der Waals surface area (Å²) in [5.74, 6) is 0.177. The topological polar surface area (TPSA) is 52.6 Å². The van der Waals surface area contributed by atoms with E-state index >= 15 is 0 Å². The summed E-state index contributed by atoms with van der Waals surface area (Å²) in [5.41, 5.74) is 1.36. The second-order valence-corrected chi connectivity index (χ2v) is 6.13. The van der Waals surface area contributed by atoms with Crippen LogP contribution in [0.2, 0.25) is 0 Å². The molecule has 2 N–H and O–H groups in total. The van der Waals surface area contributed by atoms with Crippen molar-refractivity contribution in [2.45, 2.75) is 26.4 Å². The van der Waals surface area contributed by atoms with Crippen LogP contribution in [-0.2, 0) is 4.79 Å². The van der Waals surface area contributed by atoms with Crippen LogP contribution in [0.4, 0.5) is 15.8 Å². The first-order chi connectivity index (χ1) is 9.45. The molecule has 3 rings (SSSR count). The third-order valence-corrected chi connectivity index (χ3v) is 4.13. The number of benzene rings is 1. The Hall–Kier alpha value is -1.62. The predicted octanol–water partition coefficient (Wildman–Crippen LogP) is 2.29. The van der Waals surface area contributed by atoms with Crippen LogP contribution >= 0.6 is 0 Å². The van der Waals surface area contributed by atoms with Crippen molar-refractivity contribution in [3.05, 3.63) is 23.5 Å². The van der Waals surface area contributed by atoms with Crippen molar-refractivity contribution in [3.63, 3.8) is 0 Å². The molecular weight excluding hydrogens is 259 g/mol. The normalized spacial score (nSPS) is 29.3. The number of aliphatic hydroxyl groups is 1. The van der Waals surface area contributed by atoms with Gasteiger partial charge in [0.2, 0.25) is 0 Å². The Morgan fingerprint density at radius 2 is 1.95 bits per heavy atom. The van der Waals surface area contributed by atoms with Crippen LogP contribution in [0.3, 0.4) is 0 Å². The van der Waals surface area contributed by atoms with Crippen molar-refractivity contribution in [2.75, 3.05) is 23.3 Å². The number of amides is 1. The SMILES string of the molecule is CC1CC(C)CN(c2cc3c(cc2F)C(O)C(=O)N3)C1. The molecule has 5 heteroatoms. The van der Waals surface area contributed by atoms with E-state index in [0.717, 1.165) is 19.5 Å². The molecule has 2 heterocycles. The van der Waals surface area contributed by atoms with Gasteiger partial charge < -0.3 is 15.3 Å². The van der Waals surface area contributed by atoms with Gasteiger partial charge in [-0.1, -0.05) is 13.8 Å². The molecule has 0 bridgehead atoms. The lowest BCUT2D eigenvalue weighted by Crippen LogP contribution is -2.39. The molecule has 1 fully saturated rings. The van der Waals surface area contributed by atoms with Crippen molar-refractivity contribution in [3.8, 4) is 0 Å². The molecule has 2 aliphatic heterocycles. The summed E-state index contributed by atoms with van der Waals surface area (Å²) in [6.45, 7) is 5.96. The fraction of sp³-hybridized carbons (Fsp3) is 0.533. The number of carbonyl (C=O) groups is 1. The number of halogens is 1. The highest BCUT2D eigenvalue weighted by Gasteiger charge is 2.32. The number of aliphatic hydroxyl groups excluding tert-OH is 1. The van der Waals surface area contributed by atoms with E-state index in [2.05, 4.69) is 19.2 Å². The van der Waals surface area contributed by atoms with Crippen molar-refractivity contribution < 1.29 is 14.3 Å². The van der Waals surface area contributed by atoms with Gasteiger partial charge in [-0.3, -0.25) is 4.79 Å². The summed E-state index contributed by atoms with van der Waals surface area (Å²) < 4.78 is 14.3. The fourth-order valence-electron chi connectivity index (χ4n) is 3.36. The van der Waals surface area contributed by atoms with Gasteiger partial charge in [-0.15, -0.1) is 0 Å². The molecule has 3 unspecified atom stereocenters. The Labute approximate surface area is 117 Å². The molecule has 0 spiro atoms. The van der Waals surface area contributed by atoms with Gasteiger partial charge in [0.15, 0.2) is 6.10 Å². The Morgan fingerprint density at radius 3 is 2.60 bits per heavy atom. The molecule has 1 aromatic carbocycles. The molecule has 0 radical (unpaired) electrons. The molecule has 0 aliphatic carbocycles. The zero-order valence-corrected chi connectivity index (χ0v) is 11.7. The van der Waals surface area contributed by atoms with Gasteiger partial charge in [0.1, 0.15) is 5.82 Å². The minimum Gasteiger partial charge on any atom is -0.378 e. The third kappa shape index (κ3) is 2.16. The Bertz CT molecular complexity index is 551. The van der Waals surface area contributed by atoms with Crippen molar-refractivity contribution in [1.82, 2.24) is 0 Å². The number of nitrogens with zero attached hydrogens (tertiary/aromatic N) is 1. The second kappa shape index (κ2) is 4.74. The number of hydrogen-bond acceptors (Lipinski definition) is 3. The smallest absolute Gasteiger partial charge is 0.257 e. The second-order valence-electron chi connectivity index (χ2n) is 6.13. The molecule has 0 saturated carbocycles. The van der Waals surface area contributed by atoms with E-state index in [4.69, 9.17) is 0 Å². The average Bonchev–Trinajstić information content (AvgIpc) is 2.63. The molecule has 108 valence electrons. The van der Waals surface area contributed by atoms with E-state index in [1.807, 2.05) is 4.90 Å². The number of carbonyl (C=O) groups excluding carboxylic acids is 1. The lowest BCUT2D eigenvalue weighted by molar-refractivity contribution is -0.123. The van der Waals surface area contributed by atoms with Crippen LogP contribution in [0.15, 0.2) is 12.1 Å². The highest BCUT2D eigenvalue weighted by atomic mass is 19.1. The van der Waals surface area contributed by atoms with Gasteiger partial charge in [0, 0.05) is 24.3 Å². The molecule has 3 atom stereocenters. The molecule has 2 aliphatic rings. The summed E-state index contributed by atoms with van der Waals surface area (Å²) in [5, 5.41) is 12.3. The van der Waals surface area contributed by atoms with E-state index in [1.165, 1.54) is 6.07 Å². The van der Waals surface area contributed by atoms with Crippen LogP contribution in [0.1, 0.15) is 31.9 Å². The van der Waals surface area contributed by atoms with Gasteiger partial charge >= 0.3 is 0 Å². The van der Waals surface area contributed by atoms with E-state index in [-0.39, 0.29) is 5.82 Å². The number of anilines is 2. The van der Waals surface area contributed by atoms with E-state index in [1.54, 1.807) is 6.07 Å². The number of fused-ring (bicyclic) bond motifs is 1. The van der Waals surface area contributed by atoms with Gasteiger partial charge in [0.05, 0.1) is 5.69 Å². The fourth-order valence-corrected chi connectivity index (χ4v) is 3.36. The minimum absolute atomic E-state index is 0.328. The average molecular weight is 278 g/mol. The van der Waals surface area contributed by atoms with Crippen LogP contribution < -0.4 is 10.2 Å². The predicted molar refractivity (Wildman–Crippen MR) is 75.1 cm³/mol. The number of rotatable bonds is 1. The minimum atomic E-state index is -1.26. The van der Waals surface area contributed by atoms with Crippen LogP contribution in [-0.4, -0.2) is 24.1 Å². The summed E-state index contributed by atoms with van der Waals surface area (Å²) >= 11 is 0. The maximum atomic E-state index is 14.3. The monoisotopic (exact) mass is 278 g/mol. The van der Waals surface area contributed by atoms with Gasteiger partial charge in [-0.05, 0) is 30.4 Å². The highest BCUT2D eigenvalue weighted by molar-refractivity contribution is 6.02. The quantitative estimate of drug-likeness (QED) is 0.828. The first-order valence-electron chi connectivity index (χ1n) is 7.03. The van der Waals surface area contributed by atoms with Gasteiger partial charge in [0.25, 0.3) is 5.91 Å². The van der Waals surface area contributed by atoms with Gasteiger partial charge in [-0.25, -0.2) is 4.39 Å². The number of hydrogen-bond donors (Lipinski definition) is 2. The molecule has 4 nitrogen and oxygen atoms in total. The molecule has 0 aromatic heterocycles. The van der Waals surface area contributed by atoms with E-state index in [0.29, 0.717) is 28.8 Å². The molecule has 1 saturated heterocycles. The molecule has 1 aromatic rings. The summed E-state index contributed by atoms with van der Waals surface area (Å²) in [6.07, 6.45) is -0.105. The highest BCUT2D eigenvalue weighted by Crippen LogP contribution is 2.37. The van der Waals surface area contributed by atoms with Gasteiger partial charge in [-0.2, -0.15) is 0 Å². The Morgan fingerprint density at radius 1 is 1.30 bits per heavy atom. The lowest BCUT2D eigenvalue weighted by Gasteiger charge is -2.37. The standard InChI is InChI=1S/C15H19FN2O2/c1-8-3-9(2)7-18(6-8)13-5-12-10(4-11(13)16)14(19)15(20)17-12/h4-5,8-9,14,19H,3,6-7H2,1-2H3,(H,17,20). The zero-order valence-electron chi connectivity index (χ0n) is 11.7. The first-order valence-corrected chi connectivity index (χ1v) is 7.03. The van der Waals surface area contributed by atoms with E-state index < -0.39 is 12.0 Å². The molecule has 20 heavy (non-hydrogen) atoms. The Kier molecular flexibility index (Phi) is 3.17. The van der Waals surface area contributed by atoms with E-state index in [9.17, 15) is 14.3 Å². The Balaban J connectivity index is 1.95. The molecule has 1 amide bonds. The summed E-state index contributed by atoms with van der Waals surface area (Å²) in [4.78, 5) is 13.5. The maximum absolute atomic E-state index is 14.3. The third-order valence-electron chi connectivity index (χ3n) is 4.13. The van der Waals surface area contributed by atoms with Crippen molar-refractivity contribution >= 4 is 17.3 Å². The maximum Gasteiger partial charge on any atom is 0.257 e. The lowest BCUT2D eigenvalue weighted by atomic mass is 9.91. The van der Waals surface area contributed by atoms with Crippen LogP contribution in [0, 0.1) is 17.7 Å². The number of piperidine rings is 1. The molecular formula is C15H19FN2O2. The summed E-state index contributed by atoms with van der Waals surface area (Å²) in [7, 11) is 0. The van der Waals surface area contributed by atoms with Crippen LogP contribution in [0.5, 0.6) is 0 Å². The zero-order chi connectivity index (χ0) is 14.4. The first kappa shape index (κ1) is 13.4. The van der Waals surface area contributed by atoms with Crippen molar-refractivity contribution in [2.24, 2.45) is 11.8 Å². The van der Waals surface area contributed by atoms with Crippen LogP contribution in [0.25, 0.3) is 0 Å².